The molecule has 0 unspecified atom stereocenters. The van der Waals surface area contributed by atoms with Crippen LogP contribution in [0.5, 0.6) is 5.75 Å². The minimum Gasteiger partial charge on any atom is -0.481 e. The molecule has 3 aromatic rings. The molecule has 0 atom stereocenters. The minimum atomic E-state index is -0.393. The first-order chi connectivity index (χ1) is 16.4. The van der Waals surface area contributed by atoms with E-state index in [1.165, 1.54) is 40.9 Å². The van der Waals surface area contributed by atoms with E-state index >= 15 is 0 Å². The first kappa shape index (κ1) is 23.2. The molecule has 0 spiro atoms. The molecular formula is C26H17FN2O3S2. The number of ether oxygens (including phenoxy) is 1. The summed E-state index contributed by atoms with van der Waals surface area (Å²) in [7, 11) is 0. The standard InChI is InChI=1S/C26H17FN2O3S2/c1-2-14-32-22-12-6-17(7-13-22)15-23-25(31)29(26(33)34-23)21-5-3-4-18(16-21)24(30)28-20-10-8-19(27)9-11-20/h1,3-13,15-16H,14H2,(H,28,30)/b23-15+. The van der Waals surface area contributed by atoms with Crippen LogP contribution in [0.15, 0.2) is 77.7 Å². The number of rotatable bonds is 6. The quantitative estimate of drug-likeness (QED) is 0.282. The lowest BCUT2D eigenvalue weighted by Gasteiger charge is -2.15. The number of terminal acetylenes is 1. The van der Waals surface area contributed by atoms with Crippen molar-refractivity contribution in [1.82, 2.24) is 0 Å². The van der Waals surface area contributed by atoms with E-state index in [-0.39, 0.29) is 18.4 Å². The zero-order valence-electron chi connectivity index (χ0n) is 17.7. The third kappa shape index (κ3) is 5.34. The average molecular weight is 489 g/mol. The van der Waals surface area contributed by atoms with Crippen LogP contribution in [-0.4, -0.2) is 22.7 Å². The molecule has 5 nitrogen and oxygen atoms in total. The lowest BCUT2D eigenvalue weighted by molar-refractivity contribution is -0.113. The molecular weight excluding hydrogens is 471 g/mol. The van der Waals surface area contributed by atoms with Crippen molar-refractivity contribution in [2.75, 3.05) is 16.8 Å². The van der Waals surface area contributed by atoms with Gasteiger partial charge in [-0.2, -0.15) is 0 Å². The van der Waals surface area contributed by atoms with Crippen LogP contribution in [0, 0.1) is 18.2 Å². The van der Waals surface area contributed by atoms with Gasteiger partial charge in [0.1, 0.15) is 18.2 Å². The van der Waals surface area contributed by atoms with Crippen molar-refractivity contribution in [1.29, 1.82) is 0 Å². The van der Waals surface area contributed by atoms with Gasteiger partial charge in [-0.05, 0) is 66.2 Å². The Labute approximate surface area is 205 Å². The predicted molar refractivity (Wildman–Crippen MR) is 137 cm³/mol. The monoisotopic (exact) mass is 488 g/mol. The topological polar surface area (TPSA) is 58.6 Å². The molecule has 1 N–H and O–H groups in total. The molecule has 0 bridgehead atoms. The van der Waals surface area contributed by atoms with Gasteiger partial charge in [0.2, 0.25) is 0 Å². The van der Waals surface area contributed by atoms with Gasteiger partial charge in [-0.1, -0.05) is 48.1 Å². The van der Waals surface area contributed by atoms with Crippen molar-refractivity contribution in [2.24, 2.45) is 0 Å². The number of halogens is 1. The maximum absolute atomic E-state index is 13.1. The van der Waals surface area contributed by atoms with Gasteiger partial charge in [-0.15, -0.1) is 6.42 Å². The van der Waals surface area contributed by atoms with Crippen molar-refractivity contribution in [2.45, 2.75) is 0 Å². The fraction of sp³-hybridized carbons (Fsp3) is 0.0385. The molecule has 0 radical (unpaired) electrons. The molecule has 8 heteroatoms. The highest BCUT2D eigenvalue weighted by molar-refractivity contribution is 8.27. The number of nitrogens with one attached hydrogen (secondary N) is 1. The van der Waals surface area contributed by atoms with E-state index < -0.39 is 5.82 Å². The van der Waals surface area contributed by atoms with E-state index in [1.807, 2.05) is 12.1 Å². The molecule has 1 aliphatic rings. The summed E-state index contributed by atoms with van der Waals surface area (Å²) in [5.41, 5.74) is 2.08. The molecule has 1 saturated heterocycles. The smallest absolute Gasteiger partial charge is 0.270 e. The number of hydrogen-bond donors (Lipinski definition) is 1. The molecule has 3 aromatic carbocycles. The summed E-state index contributed by atoms with van der Waals surface area (Å²) in [5, 5.41) is 2.70. The lowest BCUT2D eigenvalue weighted by Crippen LogP contribution is -2.27. The van der Waals surface area contributed by atoms with Crippen LogP contribution in [0.1, 0.15) is 15.9 Å². The van der Waals surface area contributed by atoms with Gasteiger partial charge < -0.3 is 10.1 Å². The van der Waals surface area contributed by atoms with Crippen LogP contribution < -0.4 is 15.0 Å². The Morgan fingerprint density at radius 2 is 1.88 bits per heavy atom. The Morgan fingerprint density at radius 3 is 2.59 bits per heavy atom. The number of hydrogen-bond acceptors (Lipinski definition) is 5. The number of nitrogens with zero attached hydrogens (tertiary/aromatic N) is 1. The molecule has 0 aliphatic carbocycles. The molecule has 0 aromatic heterocycles. The van der Waals surface area contributed by atoms with E-state index in [4.69, 9.17) is 23.4 Å². The van der Waals surface area contributed by atoms with Gasteiger partial charge in [0.05, 0.1) is 10.6 Å². The first-order valence-corrected chi connectivity index (χ1v) is 11.3. The second-order valence-electron chi connectivity index (χ2n) is 7.09. The summed E-state index contributed by atoms with van der Waals surface area (Å²) < 4.78 is 18.8. The number of thiocarbonyl (C=S) groups is 1. The number of carbonyl (C=O) groups is 2. The molecule has 34 heavy (non-hydrogen) atoms. The van der Waals surface area contributed by atoms with Crippen LogP contribution in [-0.2, 0) is 4.79 Å². The summed E-state index contributed by atoms with van der Waals surface area (Å²) in [6, 6.07) is 19.2. The maximum atomic E-state index is 13.1. The molecule has 4 rings (SSSR count). The van der Waals surface area contributed by atoms with Crippen molar-refractivity contribution in [3.05, 3.63) is 94.6 Å². The summed E-state index contributed by atoms with van der Waals surface area (Å²) in [4.78, 5) is 27.6. The molecule has 168 valence electrons. The number of anilines is 2. The second kappa shape index (κ2) is 10.3. The third-order valence-corrected chi connectivity index (χ3v) is 6.06. The van der Waals surface area contributed by atoms with E-state index in [0.29, 0.717) is 31.9 Å². The van der Waals surface area contributed by atoms with Gasteiger partial charge in [0, 0.05) is 11.3 Å². The second-order valence-corrected chi connectivity index (χ2v) is 8.77. The SMILES string of the molecule is C#CCOc1ccc(/C=C2/SC(=S)N(c3cccc(C(=O)Nc4ccc(F)cc4)c3)C2=O)cc1. The fourth-order valence-electron chi connectivity index (χ4n) is 3.15. The van der Waals surface area contributed by atoms with Crippen molar-refractivity contribution >= 4 is 57.6 Å². The molecule has 2 amide bonds. The highest BCUT2D eigenvalue weighted by Gasteiger charge is 2.33. The number of amides is 2. The van der Waals surface area contributed by atoms with E-state index in [9.17, 15) is 14.0 Å². The molecule has 1 heterocycles. The van der Waals surface area contributed by atoms with E-state index in [1.54, 1.807) is 42.5 Å². The highest BCUT2D eigenvalue weighted by Crippen LogP contribution is 2.36. The van der Waals surface area contributed by atoms with Crippen LogP contribution in [0.4, 0.5) is 15.8 Å². The van der Waals surface area contributed by atoms with Crippen molar-refractivity contribution in [3.63, 3.8) is 0 Å². The van der Waals surface area contributed by atoms with Gasteiger partial charge in [0.15, 0.2) is 4.32 Å². The normalized spacial score (nSPS) is 14.2. The minimum absolute atomic E-state index is 0.180. The maximum Gasteiger partial charge on any atom is 0.270 e. The Kier molecular flexibility index (Phi) is 7.07. The van der Waals surface area contributed by atoms with Gasteiger partial charge in [0.25, 0.3) is 11.8 Å². The number of carbonyl (C=O) groups excluding carboxylic acids is 2. The average Bonchev–Trinajstić information content (AvgIpc) is 3.12. The van der Waals surface area contributed by atoms with E-state index in [0.717, 1.165) is 5.56 Å². The van der Waals surface area contributed by atoms with Gasteiger partial charge in [-0.3, -0.25) is 14.5 Å². The van der Waals surface area contributed by atoms with Crippen LogP contribution >= 0.6 is 24.0 Å². The van der Waals surface area contributed by atoms with Crippen LogP contribution in [0.25, 0.3) is 6.08 Å². The Bertz CT molecular complexity index is 1330. The summed E-state index contributed by atoms with van der Waals surface area (Å²) in [5.74, 6) is 1.98. The Hall–Kier alpha value is -3.93. The first-order valence-electron chi connectivity index (χ1n) is 10.1. The molecule has 0 saturated carbocycles. The molecule has 1 aliphatic heterocycles. The summed E-state index contributed by atoms with van der Waals surface area (Å²) >= 11 is 6.62. The van der Waals surface area contributed by atoms with Crippen molar-refractivity contribution in [3.8, 4) is 18.1 Å². The third-order valence-electron chi connectivity index (χ3n) is 4.76. The van der Waals surface area contributed by atoms with Crippen molar-refractivity contribution < 1.29 is 18.7 Å². The summed E-state index contributed by atoms with van der Waals surface area (Å²) in [6.07, 6.45) is 6.94. The zero-order chi connectivity index (χ0) is 24.1. The Morgan fingerprint density at radius 1 is 1.15 bits per heavy atom. The molecule has 1 fully saturated rings. The van der Waals surface area contributed by atoms with Gasteiger partial charge >= 0.3 is 0 Å². The fourth-order valence-corrected chi connectivity index (χ4v) is 4.45. The Balaban J connectivity index is 1.51. The highest BCUT2D eigenvalue weighted by atomic mass is 32.2. The number of thioether (sulfide) groups is 1. The predicted octanol–water partition coefficient (Wildman–Crippen LogP) is 5.50. The van der Waals surface area contributed by atoms with Crippen LogP contribution in [0.2, 0.25) is 0 Å². The van der Waals surface area contributed by atoms with Crippen LogP contribution in [0.3, 0.4) is 0 Å². The largest absolute Gasteiger partial charge is 0.481 e. The number of benzene rings is 3. The van der Waals surface area contributed by atoms with Gasteiger partial charge in [-0.25, -0.2) is 4.39 Å². The van der Waals surface area contributed by atoms with E-state index in [2.05, 4.69) is 11.2 Å². The summed E-state index contributed by atoms with van der Waals surface area (Å²) in [6.45, 7) is 0.180. The lowest BCUT2D eigenvalue weighted by atomic mass is 10.1. The zero-order valence-corrected chi connectivity index (χ0v) is 19.3.